The van der Waals surface area contributed by atoms with Gasteiger partial charge in [0.25, 0.3) is 5.56 Å². The van der Waals surface area contributed by atoms with E-state index in [4.69, 9.17) is 14.2 Å². The van der Waals surface area contributed by atoms with E-state index in [1.165, 1.54) is 29.9 Å². The van der Waals surface area contributed by atoms with Crippen LogP contribution in [0.5, 0.6) is 17.2 Å². The van der Waals surface area contributed by atoms with Gasteiger partial charge in [-0.25, -0.2) is 0 Å². The van der Waals surface area contributed by atoms with E-state index in [9.17, 15) is 9.59 Å². The van der Waals surface area contributed by atoms with Crippen LogP contribution < -0.4 is 24.3 Å². The Morgan fingerprint density at radius 2 is 2.00 bits per heavy atom. The Kier molecular flexibility index (Phi) is 6.24. The Labute approximate surface area is 195 Å². The van der Waals surface area contributed by atoms with Crippen LogP contribution >= 0.6 is 27.3 Å². The van der Waals surface area contributed by atoms with Crippen LogP contribution in [0.15, 0.2) is 45.7 Å². The van der Waals surface area contributed by atoms with Crippen molar-refractivity contribution in [3.8, 4) is 28.6 Å². The first-order valence-electron chi connectivity index (χ1n) is 9.60. The number of nitrogens with zero attached hydrogens (tertiary/aromatic N) is 3. The molecule has 0 N–H and O–H groups in total. The molecule has 4 rings (SSSR count). The Morgan fingerprint density at radius 1 is 1.25 bits per heavy atom. The number of aromatic nitrogens is 3. The topological polar surface area (TPSA) is 92.0 Å². The Hall–Kier alpha value is -3.24. The maximum atomic E-state index is 12.9. The highest BCUT2D eigenvalue weighted by molar-refractivity contribution is 9.10. The van der Waals surface area contributed by atoms with E-state index in [0.29, 0.717) is 37.7 Å². The van der Waals surface area contributed by atoms with Crippen molar-refractivity contribution in [1.29, 1.82) is 0 Å². The summed E-state index contributed by atoms with van der Waals surface area (Å²) < 4.78 is 18.3. The van der Waals surface area contributed by atoms with Crippen LogP contribution in [0.2, 0.25) is 0 Å². The quantitative estimate of drug-likeness (QED) is 0.286. The van der Waals surface area contributed by atoms with Gasteiger partial charge in [0, 0.05) is 12.5 Å². The predicted molar refractivity (Wildman–Crippen MR) is 125 cm³/mol. The second-order valence-electron chi connectivity index (χ2n) is 6.63. The Balaban J connectivity index is 1.71. The molecule has 4 aromatic rings. The van der Waals surface area contributed by atoms with Crippen molar-refractivity contribution in [1.82, 2.24) is 14.6 Å². The number of carbonyl (C=O) groups is 1. The van der Waals surface area contributed by atoms with Gasteiger partial charge in [-0.3, -0.25) is 9.59 Å². The summed E-state index contributed by atoms with van der Waals surface area (Å²) in [5.74, 6) is 1.42. The van der Waals surface area contributed by atoms with Crippen LogP contribution in [0, 0.1) is 0 Å². The lowest BCUT2D eigenvalue weighted by Crippen LogP contribution is -2.23. The maximum Gasteiger partial charge on any atom is 0.308 e. The molecule has 10 heteroatoms. The smallest absolute Gasteiger partial charge is 0.308 e. The first-order valence-corrected chi connectivity index (χ1v) is 11.2. The van der Waals surface area contributed by atoms with Gasteiger partial charge in [0.15, 0.2) is 17.3 Å². The van der Waals surface area contributed by atoms with Gasteiger partial charge in [-0.15, -0.1) is 5.10 Å². The molecular formula is C22H18BrN3O5S. The number of hydrogen-bond donors (Lipinski definition) is 0. The van der Waals surface area contributed by atoms with Gasteiger partial charge < -0.3 is 14.2 Å². The monoisotopic (exact) mass is 515 g/mol. The van der Waals surface area contributed by atoms with E-state index in [1.54, 1.807) is 18.2 Å². The number of halogens is 1. The average molecular weight is 516 g/mol. The summed E-state index contributed by atoms with van der Waals surface area (Å²) in [5.41, 5.74) is 1.22. The zero-order valence-corrected chi connectivity index (χ0v) is 19.8. The number of carbonyl (C=O) groups excluding carboxylic acids is 1. The van der Waals surface area contributed by atoms with E-state index in [2.05, 4.69) is 26.0 Å². The average Bonchev–Trinajstić information content (AvgIpc) is 3.30. The van der Waals surface area contributed by atoms with Gasteiger partial charge in [-0.1, -0.05) is 11.3 Å². The number of hydrogen-bond acceptors (Lipinski definition) is 8. The Morgan fingerprint density at radius 3 is 2.62 bits per heavy atom. The van der Waals surface area contributed by atoms with Crippen LogP contribution in [0.3, 0.4) is 0 Å². The Bertz CT molecular complexity index is 1410. The zero-order chi connectivity index (χ0) is 22.8. The number of ether oxygens (including phenoxy) is 3. The van der Waals surface area contributed by atoms with Gasteiger partial charge in [0.1, 0.15) is 5.75 Å². The summed E-state index contributed by atoms with van der Waals surface area (Å²) in [7, 11) is 1.48. The van der Waals surface area contributed by atoms with Gasteiger partial charge >= 0.3 is 5.97 Å². The van der Waals surface area contributed by atoms with Gasteiger partial charge in [-0.05, 0) is 70.9 Å². The lowest BCUT2D eigenvalue weighted by molar-refractivity contribution is -0.132. The van der Waals surface area contributed by atoms with Crippen molar-refractivity contribution in [2.75, 3.05) is 13.7 Å². The van der Waals surface area contributed by atoms with Crippen molar-refractivity contribution < 1.29 is 19.0 Å². The third-order valence-electron chi connectivity index (χ3n) is 4.40. The molecule has 164 valence electrons. The summed E-state index contributed by atoms with van der Waals surface area (Å²) in [6.45, 7) is 3.82. The number of fused-ring (bicyclic) bond motifs is 1. The van der Waals surface area contributed by atoms with Gasteiger partial charge in [0.2, 0.25) is 4.96 Å². The predicted octanol–water partition coefficient (Wildman–Crippen LogP) is 3.46. The molecule has 32 heavy (non-hydrogen) atoms. The lowest BCUT2D eigenvalue weighted by Gasteiger charge is -2.10. The third-order valence-corrected chi connectivity index (χ3v) is 5.95. The number of thiazole rings is 1. The molecule has 0 atom stereocenters. The van der Waals surface area contributed by atoms with E-state index in [-0.39, 0.29) is 11.3 Å². The summed E-state index contributed by atoms with van der Waals surface area (Å²) in [4.78, 5) is 29.2. The highest BCUT2D eigenvalue weighted by Gasteiger charge is 2.15. The SMILES string of the molecule is CCOc1ccc(-c2nc3s/c(=C\c4cc(Br)c(OC(C)=O)c(OC)c4)c(=O)n3n2)cc1. The second kappa shape index (κ2) is 9.09. The molecule has 0 saturated heterocycles. The van der Waals surface area contributed by atoms with Crippen LogP contribution in [-0.2, 0) is 4.79 Å². The maximum absolute atomic E-state index is 12.9. The van der Waals surface area contributed by atoms with E-state index in [0.717, 1.165) is 11.3 Å². The first kappa shape index (κ1) is 22.0. The van der Waals surface area contributed by atoms with Crippen molar-refractivity contribution in [2.24, 2.45) is 0 Å². The van der Waals surface area contributed by atoms with Crippen molar-refractivity contribution in [2.45, 2.75) is 13.8 Å². The van der Waals surface area contributed by atoms with Crippen LogP contribution in [0.4, 0.5) is 0 Å². The molecule has 0 saturated carbocycles. The molecule has 0 spiro atoms. The highest BCUT2D eigenvalue weighted by atomic mass is 79.9. The van der Waals surface area contributed by atoms with E-state index < -0.39 is 5.97 Å². The van der Waals surface area contributed by atoms with Crippen LogP contribution in [0.1, 0.15) is 19.4 Å². The fourth-order valence-corrected chi connectivity index (χ4v) is 4.49. The normalized spacial score (nSPS) is 11.7. The van der Waals surface area contributed by atoms with Crippen LogP contribution in [0.25, 0.3) is 22.4 Å². The van der Waals surface area contributed by atoms with Gasteiger partial charge in [-0.2, -0.15) is 9.50 Å². The van der Waals surface area contributed by atoms with Crippen molar-refractivity contribution >= 4 is 44.3 Å². The first-order chi connectivity index (χ1) is 15.4. The lowest BCUT2D eigenvalue weighted by atomic mass is 10.2. The largest absolute Gasteiger partial charge is 0.494 e. The minimum Gasteiger partial charge on any atom is -0.494 e. The minimum atomic E-state index is -0.462. The molecule has 0 bridgehead atoms. The molecule has 0 unspecified atom stereocenters. The van der Waals surface area contributed by atoms with Crippen molar-refractivity contribution in [3.63, 3.8) is 0 Å². The fraction of sp³-hybridized carbons (Fsp3) is 0.182. The molecule has 2 heterocycles. The molecule has 0 radical (unpaired) electrons. The van der Waals surface area contributed by atoms with E-state index in [1.807, 2.05) is 31.2 Å². The molecular weight excluding hydrogens is 498 g/mol. The third kappa shape index (κ3) is 4.37. The fourth-order valence-electron chi connectivity index (χ4n) is 3.04. The number of esters is 1. The highest BCUT2D eigenvalue weighted by Crippen LogP contribution is 2.37. The molecule has 8 nitrogen and oxygen atoms in total. The molecule has 0 aliphatic carbocycles. The van der Waals surface area contributed by atoms with Crippen LogP contribution in [-0.4, -0.2) is 34.3 Å². The molecule has 0 fully saturated rings. The summed E-state index contributed by atoms with van der Waals surface area (Å²) in [6, 6.07) is 10.8. The molecule has 2 aromatic heterocycles. The standard InChI is InChI=1S/C22H18BrN3O5S/c1-4-30-15-7-5-14(6-8-15)20-24-22-26(25-20)21(28)18(32-22)11-13-9-16(23)19(31-12(2)27)17(10-13)29-3/h5-11H,4H2,1-3H3/b18-11-. The number of methoxy groups -OCH3 is 1. The molecule has 0 aliphatic heterocycles. The van der Waals surface area contributed by atoms with E-state index >= 15 is 0 Å². The molecule has 0 amide bonds. The van der Waals surface area contributed by atoms with Crippen molar-refractivity contribution in [3.05, 3.63) is 61.3 Å². The summed E-state index contributed by atoms with van der Waals surface area (Å²) in [5, 5.41) is 4.37. The zero-order valence-electron chi connectivity index (χ0n) is 17.4. The molecule has 0 aliphatic rings. The minimum absolute atomic E-state index is 0.270. The molecule has 2 aromatic carbocycles. The number of benzene rings is 2. The summed E-state index contributed by atoms with van der Waals surface area (Å²) >= 11 is 4.62. The summed E-state index contributed by atoms with van der Waals surface area (Å²) in [6.07, 6.45) is 1.71. The van der Waals surface area contributed by atoms with Gasteiger partial charge in [0.05, 0.1) is 22.7 Å². The number of rotatable bonds is 6. The second-order valence-corrected chi connectivity index (χ2v) is 8.49.